The molecular formula is C30H54N8O6. The second-order valence-electron chi connectivity index (χ2n) is 12.3. The first-order chi connectivity index (χ1) is 20.7. The third-order valence-corrected chi connectivity index (χ3v) is 7.36. The Balaban J connectivity index is 3.20. The van der Waals surface area contributed by atoms with Crippen molar-refractivity contribution in [2.24, 2.45) is 29.2 Å². The zero-order chi connectivity index (χ0) is 33.4. The van der Waals surface area contributed by atoms with Gasteiger partial charge in [-0.15, -0.1) is 0 Å². The van der Waals surface area contributed by atoms with E-state index in [0.29, 0.717) is 44.3 Å². The summed E-state index contributed by atoms with van der Waals surface area (Å²) >= 11 is 0. The predicted octanol–water partition coefficient (Wildman–Crippen LogP) is 0.571. The fraction of sp³-hybridized carbons (Fsp3) is 0.733. The van der Waals surface area contributed by atoms with Crippen molar-refractivity contribution in [2.75, 3.05) is 6.54 Å². The van der Waals surface area contributed by atoms with E-state index in [0.717, 1.165) is 0 Å². The number of carbonyl (C=O) groups is 5. The van der Waals surface area contributed by atoms with Crippen LogP contribution in [0, 0.1) is 17.8 Å². The Hall–Kier alpha value is -3.52. The molecule has 0 aliphatic heterocycles. The minimum Gasteiger partial charge on any atom is -0.480 e. The molecule has 0 bridgehead atoms. The summed E-state index contributed by atoms with van der Waals surface area (Å²) in [4.78, 5) is 72.0. The molecule has 0 fully saturated rings. The lowest BCUT2D eigenvalue weighted by atomic mass is 9.98. The smallest absolute Gasteiger partial charge is 0.326 e. The van der Waals surface area contributed by atoms with E-state index in [-0.39, 0.29) is 30.6 Å². The number of rotatable bonds is 21. The lowest BCUT2D eigenvalue weighted by molar-refractivity contribution is -0.143. The molecule has 0 radical (unpaired) electrons. The highest BCUT2D eigenvalue weighted by atomic mass is 16.4. The van der Waals surface area contributed by atoms with E-state index in [1.54, 1.807) is 13.1 Å². The Labute approximate surface area is 260 Å². The number of hydrogen-bond donors (Lipinski definition) is 8. The van der Waals surface area contributed by atoms with Crippen molar-refractivity contribution in [3.63, 3.8) is 0 Å². The summed E-state index contributed by atoms with van der Waals surface area (Å²) < 4.78 is 0. The molecule has 0 aromatic carbocycles. The number of amides is 4. The molecule has 1 aromatic rings. The average molecular weight is 623 g/mol. The van der Waals surface area contributed by atoms with Gasteiger partial charge in [0.1, 0.15) is 24.2 Å². The van der Waals surface area contributed by atoms with Gasteiger partial charge in [-0.1, -0.05) is 48.0 Å². The Morgan fingerprint density at radius 3 is 1.93 bits per heavy atom. The van der Waals surface area contributed by atoms with Gasteiger partial charge in [-0.25, -0.2) is 9.78 Å². The largest absolute Gasteiger partial charge is 0.480 e. The normalized spacial score (nSPS) is 15.5. The highest BCUT2D eigenvalue weighted by Gasteiger charge is 2.33. The van der Waals surface area contributed by atoms with Crippen molar-refractivity contribution in [3.05, 3.63) is 18.2 Å². The van der Waals surface area contributed by atoms with Crippen LogP contribution in [0.15, 0.2) is 12.5 Å². The van der Waals surface area contributed by atoms with E-state index in [1.807, 2.05) is 34.6 Å². The standard InChI is InChI=1S/C30H54N8O6/c1-7-19(6)25(30(43)44)38-29(42)24(14-20-15-33-16-34-20)37-28(41)23(13-18(4)5)36-27(40)22(10-8-9-11-31)35-26(39)21(32)12-17(2)3/h15-19,21-25H,7-14,31-32H2,1-6H3,(H,33,34)(H,35,39)(H,36,40)(H,37,41)(H,38,42)(H,43,44)/t19-,21-,22-,23-,24-,25-/m0/s1. The van der Waals surface area contributed by atoms with Gasteiger partial charge in [0.15, 0.2) is 0 Å². The zero-order valence-corrected chi connectivity index (χ0v) is 27.0. The minimum absolute atomic E-state index is 0.0121. The van der Waals surface area contributed by atoms with Crippen molar-refractivity contribution >= 4 is 29.6 Å². The summed E-state index contributed by atoms with van der Waals surface area (Å²) in [5.74, 6) is -3.69. The van der Waals surface area contributed by atoms with Crippen molar-refractivity contribution in [1.29, 1.82) is 0 Å². The predicted molar refractivity (Wildman–Crippen MR) is 167 cm³/mol. The number of carboxylic acid groups (broad SMARTS) is 1. The number of carboxylic acids is 1. The molecule has 4 amide bonds. The number of hydrogen-bond acceptors (Lipinski definition) is 8. The number of aliphatic carboxylic acids is 1. The highest BCUT2D eigenvalue weighted by Crippen LogP contribution is 2.12. The van der Waals surface area contributed by atoms with Crippen LogP contribution in [0.5, 0.6) is 0 Å². The summed E-state index contributed by atoms with van der Waals surface area (Å²) in [5.41, 5.74) is 12.2. The number of unbranched alkanes of at least 4 members (excludes halogenated alkanes) is 1. The number of imidazole rings is 1. The topological polar surface area (TPSA) is 234 Å². The zero-order valence-electron chi connectivity index (χ0n) is 27.0. The van der Waals surface area contributed by atoms with E-state index in [1.165, 1.54) is 6.33 Å². The van der Waals surface area contributed by atoms with Gasteiger partial charge >= 0.3 is 5.97 Å². The van der Waals surface area contributed by atoms with Crippen LogP contribution >= 0.6 is 0 Å². The summed E-state index contributed by atoms with van der Waals surface area (Å²) in [6.45, 7) is 11.6. The number of nitrogens with two attached hydrogens (primary N) is 2. The molecule has 14 nitrogen and oxygen atoms in total. The van der Waals surface area contributed by atoms with Gasteiger partial charge in [-0.2, -0.15) is 0 Å². The molecule has 0 aliphatic rings. The maximum absolute atomic E-state index is 13.6. The SMILES string of the molecule is CC[C@H](C)[C@H](NC(=O)[C@H](Cc1c[nH]cn1)NC(=O)[C@H](CC(C)C)NC(=O)[C@H](CCCCN)NC(=O)[C@@H](N)CC(C)C)C(=O)O. The van der Waals surface area contributed by atoms with Gasteiger partial charge < -0.3 is 42.8 Å². The molecule has 0 saturated carbocycles. The first-order valence-corrected chi connectivity index (χ1v) is 15.6. The molecule has 0 aliphatic carbocycles. The number of aromatic amines is 1. The molecule has 10 N–H and O–H groups in total. The number of nitrogens with zero attached hydrogens (tertiary/aromatic N) is 1. The third-order valence-electron chi connectivity index (χ3n) is 7.36. The fourth-order valence-electron chi connectivity index (χ4n) is 4.66. The molecule has 44 heavy (non-hydrogen) atoms. The van der Waals surface area contributed by atoms with Crippen LogP contribution in [0.25, 0.3) is 0 Å². The molecule has 1 heterocycles. The summed E-state index contributed by atoms with van der Waals surface area (Å²) in [6, 6.07) is -5.10. The summed E-state index contributed by atoms with van der Waals surface area (Å²) in [7, 11) is 0. The summed E-state index contributed by atoms with van der Waals surface area (Å²) in [6.07, 6.45) is 5.71. The Morgan fingerprint density at radius 2 is 1.41 bits per heavy atom. The quantitative estimate of drug-likeness (QED) is 0.0894. The van der Waals surface area contributed by atoms with Crippen LogP contribution in [0.3, 0.4) is 0 Å². The molecule has 0 saturated heterocycles. The maximum Gasteiger partial charge on any atom is 0.326 e. The molecule has 1 aromatic heterocycles. The van der Waals surface area contributed by atoms with E-state index in [4.69, 9.17) is 11.5 Å². The first-order valence-electron chi connectivity index (χ1n) is 15.6. The second-order valence-corrected chi connectivity index (χ2v) is 12.3. The monoisotopic (exact) mass is 622 g/mol. The van der Waals surface area contributed by atoms with E-state index >= 15 is 0 Å². The van der Waals surface area contributed by atoms with Crippen LogP contribution in [0.4, 0.5) is 0 Å². The van der Waals surface area contributed by atoms with Gasteiger partial charge in [0.25, 0.3) is 0 Å². The van der Waals surface area contributed by atoms with Crippen LogP contribution < -0.4 is 32.7 Å². The second kappa shape index (κ2) is 19.7. The Morgan fingerprint density at radius 1 is 0.841 bits per heavy atom. The van der Waals surface area contributed by atoms with E-state index in [2.05, 4.69) is 31.2 Å². The van der Waals surface area contributed by atoms with Gasteiger partial charge in [0.2, 0.25) is 23.6 Å². The lowest BCUT2D eigenvalue weighted by Crippen LogP contribution is -2.59. The Bertz CT molecular complexity index is 1050. The molecule has 0 unspecified atom stereocenters. The van der Waals surface area contributed by atoms with Crippen molar-refractivity contribution in [1.82, 2.24) is 31.2 Å². The molecular weight excluding hydrogens is 568 g/mol. The van der Waals surface area contributed by atoms with Crippen LogP contribution in [-0.4, -0.2) is 81.4 Å². The van der Waals surface area contributed by atoms with Gasteiger partial charge in [-0.3, -0.25) is 19.2 Å². The fourth-order valence-corrected chi connectivity index (χ4v) is 4.66. The molecule has 6 atom stereocenters. The minimum atomic E-state index is -1.18. The van der Waals surface area contributed by atoms with Gasteiger partial charge in [0, 0.05) is 12.6 Å². The Kier molecular flexibility index (Phi) is 17.2. The lowest BCUT2D eigenvalue weighted by Gasteiger charge is -2.28. The third kappa shape index (κ3) is 13.8. The molecule has 1 rings (SSSR count). The number of H-pyrrole nitrogens is 1. The number of aromatic nitrogens is 2. The van der Waals surface area contributed by atoms with Crippen molar-refractivity contribution in [3.8, 4) is 0 Å². The summed E-state index contributed by atoms with van der Waals surface area (Å²) in [5, 5.41) is 20.4. The molecule has 250 valence electrons. The van der Waals surface area contributed by atoms with Crippen LogP contribution in [0.1, 0.15) is 85.8 Å². The van der Waals surface area contributed by atoms with Crippen molar-refractivity contribution in [2.45, 2.75) is 117 Å². The molecule has 14 heteroatoms. The van der Waals surface area contributed by atoms with Gasteiger partial charge in [0.05, 0.1) is 18.1 Å². The first kappa shape index (κ1) is 38.5. The highest BCUT2D eigenvalue weighted by molar-refractivity contribution is 5.95. The maximum atomic E-state index is 13.6. The van der Waals surface area contributed by atoms with Crippen LogP contribution in [-0.2, 0) is 30.4 Å². The van der Waals surface area contributed by atoms with E-state index < -0.39 is 59.8 Å². The average Bonchev–Trinajstić information content (AvgIpc) is 3.46. The number of carbonyl (C=O) groups excluding carboxylic acids is 4. The van der Waals surface area contributed by atoms with Gasteiger partial charge in [-0.05, 0) is 56.4 Å². The van der Waals surface area contributed by atoms with E-state index in [9.17, 15) is 29.1 Å². The molecule has 0 spiro atoms. The number of nitrogens with one attached hydrogen (secondary N) is 5. The van der Waals surface area contributed by atoms with Crippen molar-refractivity contribution < 1.29 is 29.1 Å². The van der Waals surface area contributed by atoms with Crippen LogP contribution in [0.2, 0.25) is 0 Å².